The van der Waals surface area contributed by atoms with Crippen molar-refractivity contribution in [1.82, 2.24) is 9.88 Å². The maximum absolute atomic E-state index is 12.7. The highest BCUT2D eigenvalue weighted by molar-refractivity contribution is 5.81. The van der Waals surface area contributed by atoms with E-state index in [4.69, 9.17) is 0 Å². The van der Waals surface area contributed by atoms with Crippen molar-refractivity contribution in [3.8, 4) is 0 Å². The Balaban J connectivity index is 1.78. The van der Waals surface area contributed by atoms with Crippen molar-refractivity contribution in [2.45, 2.75) is 52.4 Å². The Hall–Kier alpha value is -1.77. The SMILES string of the molecule is CCC(CC)C(=O)N1CCCC(c2cc3cc(C)ccc3[nH]2)C1. The highest BCUT2D eigenvalue weighted by atomic mass is 16.2. The molecular formula is C20H28N2O. The quantitative estimate of drug-likeness (QED) is 0.878. The van der Waals surface area contributed by atoms with Gasteiger partial charge in [-0.1, -0.05) is 25.5 Å². The minimum absolute atomic E-state index is 0.194. The van der Waals surface area contributed by atoms with Crippen LogP contribution in [0.25, 0.3) is 10.9 Å². The normalized spacial score (nSPS) is 18.8. The standard InChI is InChI=1S/C20H28N2O/c1-4-15(5-2)20(23)22-10-6-7-16(13-22)19-12-17-11-14(3)8-9-18(17)21-19/h8-9,11-12,15-16,21H,4-7,10,13H2,1-3H3. The number of aromatic nitrogens is 1. The summed E-state index contributed by atoms with van der Waals surface area (Å²) < 4.78 is 0. The van der Waals surface area contributed by atoms with Crippen LogP contribution in [0.15, 0.2) is 24.3 Å². The second kappa shape index (κ2) is 6.77. The van der Waals surface area contributed by atoms with Crippen LogP contribution < -0.4 is 0 Å². The summed E-state index contributed by atoms with van der Waals surface area (Å²) in [4.78, 5) is 18.3. The van der Waals surface area contributed by atoms with Crippen molar-refractivity contribution in [2.24, 2.45) is 5.92 Å². The fraction of sp³-hybridized carbons (Fsp3) is 0.550. The number of carbonyl (C=O) groups is 1. The number of hydrogen-bond acceptors (Lipinski definition) is 1. The second-order valence-electron chi connectivity index (χ2n) is 6.95. The number of H-pyrrole nitrogens is 1. The lowest BCUT2D eigenvalue weighted by molar-refractivity contribution is -0.137. The van der Waals surface area contributed by atoms with Gasteiger partial charge in [-0.15, -0.1) is 0 Å². The number of aryl methyl sites for hydroxylation is 1. The minimum Gasteiger partial charge on any atom is -0.358 e. The van der Waals surface area contributed by atoms with E-state index in [1.165, 1.54) is 28.6 Å². The van der Waals surface area contributed by atoms with Gasteiger partial charge < -0.3 is 9.88 Å². The summed E-state index contributed by atoms with van der Waals surface area (Å²) in [5, 5.41) is 1.28. The van der Waals surface area contributed by atoms with Crippen LogP contribution in [0, 0.1) is 12.8 Å². The fourth-order valence-electron chi connectivity index (χ4n) is 3.82. The third-order valence-electron chi connectivity index (χ3n) is 5.30. The Labute approximate surface area is 139 Å². The number of nitrogens with one attached hydrogen (secondary N) is 1. The summed E-state index contributed by atoms with van der Waals surface area (Å²) in [6.45, 7) is 8.15. The molecule has 1 fully saturated rings. The minimum atomic E-state index is 0.194. The summed E-state index contributed by atoms with van der Waals surface area (Å²) in [6, 6.07) is 8.81. The van der Waals surface area contributed by atoms with Gasteiger partial charge >= 0.3 is 0 Å². The lowest BCUT2D eigenvalue weighted by atomic mass is 9.92. The summed E-state index contributed by atoms with van der Waals surface area (Å²) in [7, 11) is 0. The number of hydrogen-bond donors (Lipinski definition) is 1. The molecule has 1 aliphatic heterocycles. The molecule has 2 heterocycles. The molecule has 1 aromatic carbocycles. The Morgan fingerprint density at radius 1 is 1.30 bits per heavy atom. The maximum Gasteiger partial charge on any atom is 0.225 e. The number of aromatic amines is 1. The van der Waals surface area contributed by atoms with E-state index in [0.717, 1.165) is 32.4 Å². The first-order chi connectivity index (χ1) is 11.1. The molecule has 3 rings (SSSR count). The van der Waals surface area contributed by atoms with Crippen LogP contribution in [0.1, 0.15) is 56.7 Å². The fourth-order valence-corrected chi connectivity index (χ4v) is 3.82. The number of rotatable bonds is 4. The van der Waals surface area contributed by atoms with E-state index in [0.29, 0.717) is 11.8 Å². The van der Waals surface area contributed by atoms with E-state index in [2.05, 4.69) is 54.9 Å². The number of nitrogens with zero attached hydrogens (tertiary/aromatic N) is 1. The van der Waals surface area contributed by atoms with Gasteiger partial charge in [0.1, 0.15) is 0 Å². The van der Waals surface area contributed by atoms with Crippen molar-refractivity contribution < 1.29 is 4.79 Å². The number of fused-ring (bicyclic) bond motifs is 1. The zero-order chi connectivity index (χ0) is 16.4. The van der Waals surface area contributed by atoms with Gasteiger partial charge in [0.05, 0.1) is 0 Å². The van der Waals surface area contributed by atoms with Crippen LogP contribution in [0.3, 0.4) is 0 Å². The van der Waals surface area contributed by atoms with Crippen LogP contribution >= 0.6 is 0 Å². The van der Waals surface area contributed by atoms with Gasteiger partial charge in [-0.25, -0.2) is 0 Å². The number of benzene rings is 1. The van der Waals surface area contributed by atoms with Crippen molar-refractivity contribution in [1.29, 1.82) is 0 Å². The molecule has 1 aliphatic rings. The first-order valence-electron chi connectivity index (χ1n) is 9.00. The largest absolute Gasteiger partial charge is 0.358 e. The van der Waals surface area contributed by atoms with Crippen molar-refractivity contribution in [2.75, 3.05) is 13.1 Å². The number of carbonyl (C=O) groups excluding carboxylic acids is 1. The second-order valence-corrected chi connectivity index (χ2v) is 6.95. The topological polar surface area (TPSA) is 36.1 Å². The summed E-state index contributed by atoms with van der Waals surface area (Å²) >= 11 is 0. The number of likely N-dealkylation sites (tertiary alicyclic amines) is 1. The first-order valence-corrected chi connectivity index (χ1v) is 9.00. The molecule has 1 amide bonds. The molecule has 1 atom stereocenters. The predicted octanol–water partition coefficient (Wildman–Crippen LogP) is 4.62. The van der Waals surface area contributed by atoms with Gasteiger partial charge in [-0.3, -0.25) is 4.79 Å². The molecular weight excluding hydrogens is 284 g/mol. The van der Waals surface area contributed by atoms with Crippen LogP contribution in [0.5, 0.6) is 0 Å². The third-order valence-corrected chi connectivity index (χ3v) is 5.30. The van der Waals surface area contributed by atoms with E-state index in [1.807, 2.05) is 0 Å². The molecule has 0 saturated carbocycles. The van der Waals surface area contributed by atoms with Crippen molar-refractivity contribution in [3.63, 3.8) is 0 Å². The van der Waals surface area contributed by atoms with E-state index in [1.54, 1.807) is 0 Å². The van der Waals surface area contributed by atoms with E-state index in [-0.39, 0.29) is 5.92 Å². The molecule has 1 aromatic heterocycles. The molecule has 3 heteroatoms. The zero-order valence-electron chi connectivity index (χ0n) is 14.6. The van der Waals surface area contributed by atoms with Crippen LogP contribution in [-0.4, -0.2) is 28.9 Å². The highest BCUT2D eigenvalue weighted by Gasteiger charge is 2.28. The molecule has 124 valence electrons. The highest BCUT2D eigenvalue weighted by Crippen LogP contribution is 2.30. The number of amides is 1. The monoisotopic (exact) mass is 312 g/mol. The Morgan fingerprint density at radius 2 is 2.09 bits per heavy atom. The molecule has 23 heavy (non-hydrogen) atoms. The maximum atomic E-state index is 12.7. The van der Waals surface area contributed by atoms with E-state index >= 15 is 0 Å². The molecule has 0 aliphatic carbocycles. The van der Waals surface area contributed by atoms with Gasteiger partial charge in [0, 0.05) is 36.1 Å². The van der Waals surface area contributed by atoms with Gasteiger partial charge in [0.2, 0.25) is 5.91 Å². The zero-order valence-corrected chi connectivity index (χ0v) is 14.6. The molecule has 0 bridgehead atoms. The molecule has 1 N–H and O–H groups in total. The summed E-state index contributed by atoms with van der Waals surface area (Å²) in [5.41, 5.74) is 3.78. The van der Waals surface area contributed by atoms with E-state index < -0.39 is 0 Å². The molecule has 1 saturated heterocycles. The average molecular weight is 312 g/mol. The third kappa shape index (κ3) is 3.29. The van der Waals surface area contributed by atoms with Gasteiger partial charge in [-0.05, 0) is 56.2 Å². The lowest BCUT2D eigenvalue weighted by Gasteiger charge is -2.34. The van der Waals surface area contributed by atoms with Gasteiger partial charge in [-0.2, -0.15) is 0 Å². The first kappa shape index (κ1) is 16.1. The molecule has 2 aromatic rings. The average Bonchev–Trinajstić information content (AvgIpc) is 2.99. The smallest absolute Gasteiger partial charge is 0.225 e. The molecule has 3 nitrogen and oxygen atoms in total. The molecule has 1 unspecified atom stereocenters. The lowest BCUT2D eigenvalue weighted by Crippen LogP contribution is -2.42. The van der Waals surface area contributed by atoms with Crippen molar-refractivity contribution in [3.05, 3.63) is 35.5 Å². The summed E-state index contributed by atoms with van der Waals surface area (Å²) in [6.07, 6.45) is 4.16. The van der Waals surface area contributed by atoms with Crippen LogP contribution in [-0.2, 0) is 4.79 Å². The predicted molar refractivity (Wildman–Crippen MR) is 95.7 cm³/mol. The van der Waals surface area contributed by atoms with Gasteiger partial charge in [0.25, 0.3) is 0 Å². The van der Waals surface area contributed by atoms with E-state index in [9.17, 15) is 4.79 Å². The summed E-state index contributed by atoms with van der Waals surface area (Å²) in [5.74, 6) is 0.987. The Morgan fingerprint density at radius 3 is 2.83 bits per heavy atom. The van der Waals surface area contributed by atoms with Crippen molar-refractivity contribution >= 4 is 16.8 Å². The molecule has 0 spiro atoms. The van der Waals surface area contributed by atoms with Crippen LogP contribution in [0.2, 0.25) is 0 Å². The Kier molecular flexibility index (Phi) is 4.74. The van der Waals surface area contributed by atoms with Gasteiger partial charge in [0.15, 0.2) is 0 Å². The Bertz CT molecular complexity index is 684. The molecule has 0 radical (unpaired) electrons. The van der Waals surface area contributed by atoms with Crippen LogP contribution in [0.4, 0.5) is 0 Å². The number of piperidine rings is 1.